The fraction of sp³-hybridized carbons (Fsp3) is 0.250. The van der Waals surface area contributed by atoms with E-state index in [9.17, 15) is 18.3 Å². The third-order valence-corrected chi connectivity index (χ3v) is 5.02. The minimum atomic E-state index is -3.61. The van der Waals surface area contributed by atoms with Crippen molar-refractivity contribution in [1.29, 1.82) is 0 Å². The number of sulfonamides is 1. The van der Waals surface area contributed by atoms with Crippen molar-refractivity contribution in [2.75, 3.05) is 5.32 Å². The van der Waals surface area contributed by atoms with Gasteiger partial charge in [0, 0.05) is 17.8 Å². The van der Waals surface area contributed by atoms with Crippen LogP contribution in [0.3, 0.4) is 0 Å². The molecule has 1 atom stereocenters. The Labute approximate surface area is 140 Å². The second-order valence-electron chi connectivity index (χ2n) is 5.28. The molecule has 0 saturated heterocycles. The Morgan fingerprint density at radius 3 is 2.50 bits per heavy atom. The summed E-state index contributed by atoms with van der Waals surface area (Å²) in [4.78, 5) is 16.1. The molecule has 8 heteroatoms. The molecule has 1 aromatic carbocycles. The summed E-state index contributed by atoms with van der Waals surface area (Å²) in [5.41, 5.74) is 0.252. The molecule has 0 unspecified atom stereocenters. The molecule has 2 aromatic rings. The second kappa shape index (κ2) is 7.41. The van der Waals surface area contributed by atoms with Crippen LogP contribution in [0, 0.1) is 0 Å². The molecular formula is C16H19N3O4S. The average Bonchev–Trinajstić information content (AvgIpc) is 2.56. The van der Waals surface area contributed by atoms with E-state index in [-0.39, 0.29) is 28.1 Å². The molecule has 3 N–H and O–H groups in total. The number of aromatic nitrogens is 1. The summed E-state index contributed by atoms with van der Waals surface area (Å²) < 4.78 is 26.9. The van der Waals surface area contributed by atoms with Gasteiger partial charge in [-0.05, 0) is 49.7 Å². The Kier molecular flexibility index (Phi) is 5.53. The molecule has 7 nitrogen and oxygen atoms in total. The maximum Gasteiger partial charge on any atom is 0.256 e. The largest absolute Gasteiger partial charge is 0.504 e. The lowest BCUT2D eigenvalue weighted by Crippen LogP contribution is -2.32. The zero-order chi connectivity index (χ0) is 17.7. The van der Waals surface area contributed by atoms with E-state index in [2.05, 4.69) is 15.0 Å². The van der Waals surface area contributed by atoms with Gasteiger partial charge in [-0.1, -0.05) is 6.92 Å². The highest BCUT2D eigenvalue weighted by atomic mass is 32.2. The van der Waals surface area contributed by atoms with Crippen LogP contribution in [0.15, 0.2) is 47.5 Å². The number of pyridine rings is 1. The molecule has 0 aliphatic carbocycles. The summed E-state index contributed by atoms with van der Waals surface area (Å²) in [6, 6.07) is 8.29. The number of anilines is 1. The number of nitrogens with one attached hydrogen (secondary N) is 2. The minimum Gasteiger partial charge on any atom is -0.504 e. The van der Waals surface area contributed by atoms with Crippen molar-refractivity contribution in [3.8, 4) is 5.75 Å². The molecule has 0 spiro atoms. The smallest absolute Gasteiger partial charge is 0.256 e. The molecular weight excluding hydrogens is 330 g/mol. The highest BCUT2D eigenvalue weighted by Gasteiger charge is 2.17. The van der Waals surface area contributed by atoms with Crippen LogP contribution >= 0.6 is 0 Å². The number of benzene rings is 1. The fourth-order valence-corrected chi connectivity index (χ4v) is 3.20. The molecule has 0 fully saturated rings. The average molecular weight is 349 g/mol. The van der Waals surface area contributed by atoms with Crippen LogP contribution in [0.25, 0.3) is 0 Å². The Bertz CT molecular complexity index is 819. The first-order valence-corrected chi connectivity index (χ1v) is 8.89. The number of hydrogen-bond donors (Lipinski definition) is 3. The van der Waals surface area contributed by atoms with Gasteiger partial charge in [0.25, 0.3) is 5.91 Å². The van der Waals surface area contributed by atoms with Crippen molar-refractivity contribution in [3.05, 3.63) is 48.2 Å². The lowest BCUT2D eigenvalue weighted by atomic mass is 10.2. The lowest BCUT2D eigenvalue weighted by Gasteiger charge is -2.12. The number of nitrogens with zero attached hydrogens (tertiary/aromatic N) is 1. The van der Waals surface area contributed by atoms with E-state index >= 15 is 0 Å². The van der Waals surface area contributed by atoms with Crippen LogP contribution < -0.4 is 10.0 Å². The van der Waals surface area contributed by atoms with Crippen LogP contribution in [0.2, 0.25) is 0 Å². The van der Waals surface area contributed by atoms with Crippen molar-refractivity contribution >= 4 is 21.7 Å². The van der Waals surface area contributed by atoms with Crippen molar-refractivity contribution in [1.82, 2.24) is 9.71 Å². The molecule has 2 rings (SSSR count). The summed E-state index contributed by atoms with van der Waals surface area (Å²) in [6.45, 7) is 3.66. The minimum absolute atomic E-state index is 0.0395. The molecule has 0 saturated carbocycles. The first-order chi connectivity index (χ1) is 11.3. The number of aromatic hydroxyl groups is 1. The van der Waals surface area contributed by atoms with Gasteiger partial charge in [0.1, 0.15) is 0 Å². The van der Waals surface area contributed by atoms with E-state index in [1.54, 1.807) is 6.92 Å². The van der Waals surface area contributed by atoms with Gasteiger partial charge in [0.05, 0.1) is 4.90 Å². The first kappa shape index (κ1) is 17.9. The number of carbonyl (C=O) groups is 1. The van der Waals surface area contributed by atoms with Gasteiger partial charge in [-0.2, -0.15) is 0 Å². The zero-order valence-electron chi connectivity index (χ0n) is 13.4. The van der Waals surface area contributed by atoms with Crippen LogP contribution in [0.5, 0.6) is 5.75 Å². The predicted octanol–water partition coefficient (Wildman–Crippen LogP) is 2.12. The maximum absolute atomic E-state index is 12.2. The van der Waals surface area contributed by atoms with Gasteiger partial charge in [-0.15, -0.1) is 0 Å². The molecule has 128 valence electrons. The quantitative estimate of drug-likeness (QED) is 0.740. The van der Waals surface area contributed by atoms with Crippen LogP contribution in [-0.2, 0) is 10.0 Å². The molecule has 1 heterocycles. The Hall–Kier alpha value is -2.45. The molecule has 1 amide bonds. The molecule has 0 bridgehead atoms. The van der Waals surface area contributed by atoms with Gasteiger partial charge in [0.15, 0.2) is 11.6 Å². The van der Waals surface area contributed by atoms with E-state index in [4.69, 9.17) is 0 Å². The second-order valence-corrected chi connectivity index (χ2v) is 6.99. The monoisotopic (exact) mass is 349 g/mol. The summed E-state index contributed by atoms with van der Waals surface area (Å²) in [5.74, 6) is -0.608. The van der Waals surface area contributed by atoms with Gasteiger partial charge >= 0.3 is 0 Å². The maximum atomic E-state index is 12.2. The summed E-state index contributed by atoms with van der Waals surface area (Å²) in [5, 5.41) is 12.1. The normalized spacial score (nSPS) is 12.6. The number of carbonyl (C=O) groups excluding carboxylic acids is 1. The Morgan fingerprint density at radius 2 is 1.92 bits per heavy atom. The SMILES string of the molecule is CC[C@@H](C)NS(=O)(=O)c1ccc(C(=O)Nc2ncccc2O)cc1. The van der Waals surface area contributed by atoms with Crippen LogP contribution in [0.1, 0.15) is 30.6 Å². The predicted molar refractivity (Wildman–Crippen MR) is 90.4 cm³/mol. The first-order valence-electron chi connectivity index (χ1n) is 7.41. The number of hydrogen-bond acceptors (Lipinski definition) is 5. The number of amides is 1. The fourth-order valence-electron chi connectivity index (χ4n) is 1.87. The molecule has 1 aromatic heterocycles. The molecule has 0 radical (unpaired) electrons. The van der Waals surface area contributed by atoms with Gasteiger partial charge in [-0.3, -0.25) is 4.79 Å². The van der Waals surface area contributed by atoms with E-state index < -0.39 is 15.9 Å². The van der Waals surface area contributed by atoms with Crippen molar-refractivity contribution in [3.63, 3.8) is 0 Å². The molecule has 0 aliphatic heterocycles. The third kappa shape index (κ3) is 4.30. The van der Waals surface area contributed by atoms with Crippen molar-refractivity contribution in [2.45, 2.75) is 31.2 Å². The highest BCUT2D eigenvalue weighted by molar-refractivity contribution is 7.89. The Morgan fingerprint density at radius 1 is 1.25 bits per heavy atom. The highest BCUT2D eigenvalue weighted by Crippen LogP contribution is 2.19. The zero-order valence-corrected chi connectivity index (χ0v) is 14.2. The van der Waals surface area contributed by atoms with Gasteiger partial charge in [0.2, 0.25) is 10.0 Å². The topological polar surface area (TPSA) is 108 Å². The summed E-state index contributed by atoms with van der Waals surface area (Å²) in [6.07, 6.45) is 2.11. The van der Waals surface area contributed by atoms with Crippen LogP contribution in [0.4, 0.5) is 5.82 Å². The number of rotatable bonds is 6. The molecule has 0 aliphatic rings. The van der Waals surface area contributed by atoms with E-state index in [0.29, 0.717) is 6.42 Å². The van der Waals surface area contributed by atoms with Crippen molar-refractivity contribution < 1.29 is 18.3 Å². The van der Waals surface area contributed by atoms with Gasteiger partial charge in [-0.25, -0.2) is 18.1 Å². The van der Waals surface area contributed by atoms with E-state index in [1.807, 2.05) is 6.92 Å². The third-order valence-electron chi connectivity index (χ3n) is 3.41. The lowest BCUT2D eigenvalue weighted by molar-refractivity contribution is 0.102. The summed E-state index contributed by atoms with van der Waals surface area (Å²) in [7, 11) is -3.61. The van der Waals surface area contributed by atoms with Gasteiger partial charge < -0.3 is 10.4 Å². The standard InChI is InChI=1S/C16H19N3O4S/c1-3-11(2)19-24(22,23)13-8-6-12(7-9-13)16(21)18-15-14(20)5-4-10-17-15/h4-11,19-20H,3H2,1-2H3,(H,17,18,21)/t11-/m1/s1. The molecule has 24 heavy (non-hydrogen) atoms. The van der Waals surface area contributed by atoms with E-state index in [1.165, 1.54) is 42.6 Å². The van der Waals surface area contributed by atoms with Crippen molar-refractivity contribution in [2.24, 2.45) is 0 Å². The Balaban J connectivity index is 2.14. The van der Waals surface area contributed by atoms with Crippen LogP contribution in [-0.4, -0.2) is 30.5 Å². The summed E-state index contributed by atoms with van der Waals surface area (Å²) >= 11 is 0. The van der Waals surface area contributed by atoms with E-state index in [0.717, 1.165) is 0 Å².